The van der Waals surface area contributed by atoms with Crippen LogP contribution in [0.1, 0.15) is 18.4 Å². The molecule has 1 saturated heterocycles. The fraction of sp³-hybridized carbons (Fsp3) is 0.333. The number of H-pyrrole nitrogens is 1. The maximum Gasteiger partial charge on any atom is 0.276 e. The lowest BCUT2D eigenvalue weighted by Crippen LogP contribution is -2.42. The normalized spacial score (nSPS) is 16.8. The lowest BCUT2D eigenvalue weighted by molar-refractivity contribution is 0.328. The topological polar surface area (TPSA) is 102 Å². The van der Waals surface area contributed by atoms with Crippen LogP contribution in [0.15, 0.2) is 41.8 Å². The van der Waals surface area contributed by atoms with E-state index in [2.05, 4.69) is 21.4 Å². The monoisotopic (exact) mass is 331 g/mol. The first-order chi connectivity index (χ1) is 11.1. The first kappa shape index (κ1) is 15.5. The lowest BCUT2D eigenvalue weighted by Gasteiger charge is -2.31. The maximum atomic E-state index is 12.4. The predicted octanol–water partition coefficient (Wildman–Crippen LogP) is 1.55. The lowest BCUT2D eigenvalue weighted by atomic mass is 10.1. The summed E-state index contributed by atoms with van der Waals surface area (Å²) in [6.07, 6.45) is 4.29. The van der Waals surface area contributed by atoms with E-state index in [1.807, 2.05) is 18.2 Å². The van der Waals surface area contributed by atoms with Gasteiger partial charge in [0.2, 0.25) is 5.16 Å². The molecule has 0 amide bonds. The Morgan fingerprint density at radius 2 is 2.04 bits per heavy atom. The van der Waals surface area contributed by atoms with Gasteiger partial charge in [-0.2, -0.15) is 9.57 Å². The molecule has 0 radical (unpaired) electrons. The summed E-state index contributed by atoms with van der Waals surface area (Å²) < 4.78 is 26.2. The molecule has 1 aromatic heterocycles. The van der Waals surface area contributed by atoms with Crippen molar-refractivity contribution in [3.05, 3.63) is 42.2 Å². The van der Waals surface area contributed by atoms with E-state index in [9.17, 15) is 8.42 Å². The molecule has 2 aromatic rings. The Morgan fingerprint density at radius 1 is 1.30 bits per heavy atom. The molecule has 1 aromatic carbocycles. The second kappa shape index (κ2) is 6.40. The first-order valence-electron chi connectivity index (χ1n) is 7.36. The van der Waals surface area contributed by atoms with Crippen LogP contribution in [0, 0.1) is 11.3 Å². The van der Waals surface area contributed by atoms with Gasteiger partial charge in [0.1, 0.15) is 6.07 Å². The second-order valence-electron chi connectivity index (χ2n) is 5.37. The van der Waals surface area contributed by atoms with Gasteiger partial charge in [-0.05, 0) is 25.0 Å². The molecule has 0 bridgehead atoms. The van der Waals surface area contributed by atoms with Gasteiger partial charge in [-0.1, -0.05) is 12.1 Å². The Balaban J connectivity index is 1.64. The quantitative estimate of drug-likeness (QED) is 0.885. The molecule has 2 heterocycles. The molecule has 0 unspecified atom stereocenters. The molecule has 0 saturated carbocycles. The van der Waals surface area contributed by atoms with E-state index in [0.29, 0.717) is 31.5 Å². The Kier molecular flexibility index (Phi) is 4.32. The number of nitrogens with one attached hydrogen (secondary N) is 2. The average Bonchev–Trinajstić information content (AvgIpc) is 3.11. The van der Waals surface area contributed by atoms with Crippen LogP contribution in [0.25, 0.3) is 0 Å². The highest BCUT2D eigenvalue weighted by atomic mass is 32.2. The molecule has 1 aliphatic rings. The molecule has 8 heteroatoms. The number of nitrogens with zero attached hydrogens (tertiary/aromatic N) is 3. The summed E-state index contributed by atoms with van der Waals surface area (Å²) in [7, 11) is -3.54. The van der Waals surface area contributed by atoms with Crippen molar-refractivity contribution in [3.63, 3.8) is 0 Å². The zero-order valence-corrected chi connectivity index (χ0v) is 13.3. The number of rotatable bonds is 4. The van der Waals surface area contributed by atoms with Crippen molar-refractivity contribution in [2.45, 2.75) is 24.0 Å². The van der Waals surface area contributed by atoms with Crippen molar-refractivity contribution in [1.29, 1.82) is 5.26 Å². The van der Waals surface area contributed by atoms with Crippen molar-refractivity contribution >= 4 is 15.7 Å². The van der Waals surface area contributed by atoms with Gasteiger partial charge >= 0.3 is 0 Å². The minimum Gasteiger partial charge on any atom is -0.381 e. The van der Waals surface area contributed by atoms with E-state index in [0.717, 1.165) is 5.69 Å². The van der Waals surface area contributed by atoms with E-state index in [1.54, 1.807) is 6.07 Å². The highest BCUT2D eigenvalue weighted by Crippen LogP contribution is 2.22. The molecule has 120 valence electrons. The highest BCUT2D eigenvalue weighted by Gasteiger charge is 2.31. The maximum absolute atomic E-state index is 12.4. The minimum atomic E-state index is -3.54. The summed E-state index contributed by atoms with van der Waals surface area (Å²) >= 11 is 0. The first-order valence-corrected chi connectivity index (χ1v) is 8.80. The Bertz CT molecular complexity index is 803. The highest BCUT2D eigenvalue weighted by molar-refractivity contribution is 7.88. The number of hydrogen-bond donors (Lipinski definition) is 2. The molecular weight excluding hydrogens is 314 g/mol. The summed E-state index contributed by atoms with van der Waals surface area (Å²) in [5.41, 5.74) is 1.39. The van der Waals surface area contributed by atoms with Gasteiger partial charge < -0.3 is 10.3 Å². The van der Waals surface area contributed by atoms with Crippen LogP contribution in [0.4, 0.5) is 5.69 Å². The van der Waals surface area contributed by atoms with Crippen molar-refractivity contribution in [2.24, 2.45) is 0 Å². The summed E-state index contributed by atoms with van der Waals surface area (Å²) in [4.78, 5) is 6.48. The van der Waals surface area contributed by atoms with Gasteiger partial charge in [0.25, 0.3) is 10.0 Å². The van der Waals surface area contributed by atoms with Gasteiger partial charge in [-0.25, -0.2) is 13.4 Å². The van der Waals surface area contributed by atoms with Gasteiger partial charge in [0, 0.05) is 31.5 Å². The number of hydrogen-bond acceptors (Lipinski definition) is 5. The zero-order chi connectivity index (χ0) is 16.3. The number of piperidine rings is 1. The Labute approximate surface area is 135 Å². The van der Waals surface area contributed by atoms with Gasteiger partial charge in [-0.15, -0.1) is 0 Å². The third kappa shape index (κ3) is 3.21. The minimum absolute atomic E-state index is 0.0151. The smallest absolute Gasteiger partial charge is 0.276 e. The molecule has 3 rings (SSSR count). The molecule has 0 atom stereocenters. The van der Waals surface area contributed by atoms with E-state index in [1.165, 1.54) is 16.7 Å². The van der Waals surface area contributed by atoms with Crippen LogP contribution in [-0.2, 0) is 10.0 Å². The third-order valence-electron chi connectivity index (χ3n) is 3.92. The van der Waals surface area contributed by atoms with Crippen LogP contribution in [-0.4, -0.2) is 41.8 Å². The number of anilines is 1. The number of benzene rings is 1. The largest absolute Gasteiger partial charge is 0.381 e. The summed E-state index contributed by atoms with van der Waals surface area (Å²) in [6, 6.07) is 9.63. The predicted molar refractivity (Wildman–Crippen MR) is 85.1 cm³/mol. The Hall–Kier alpha value is -2.37. The van der Waals surface area contributed by atoms with Crippen LogP contribution in [0.2, 0.25) is 0 Å². The number of para-hydroxylation sites is 1. The number of nitriles is 1. The molecule has 1 aliphatic heterocycles. The molecular formula is C15H17N5O2S. The zero-order valence-electron chi connectivity index (χ0n) is 12.4. The molecule has 1 fully saturated rings. The van der Waals surface area contributed by atoms with Crippen LogP contribution in [0.3, 0.4) is 0 Å². The van der Waals surface area contributed by atoms with Crippen LogP contribution < -0.4 is 5.32 Å². The fourth-order valence-corrected chi connectivity index (χ4v) is 4.03. The van der Waals surface area contributed by atoms with Crippen LogP contribution in [0.5, 0.6) is 0 Å². The van der Waals surface area contributed by atoms with Gasteiger partial charge in [0.05, 0.1) is 11.3 Å². The van der Waals surface area contributed by atoms with Crippen molar-refractivity contribution in [1.82, 2.24) is 14.3 Å². The standard InChI is InChI=1S/C15H17N5O2S/c16-11-12-3-1-2-4-14(12)19-13-5-9-20(10-6-13)23(21,22)15-17-7-8-18-15/h1-4,7-8,13,19H,5-6,9-10H2,(H,17,18). The molecule has 0 aliphatic carbocycles. The number of sulfonamides is 1. The second-order valence-corrected chi connectivity index (χ2v) is 7.23. The van der Waals surface area contributed by atoms with Gasteiger partial charge in [0.15, 0.2) is 0 Å². The van der Waals surface area contributed by atoms with E-state index in [-0.39, 0.29) is 11.2 Å². The SMILES string of the molecule is N#Cc1ccccc1NC1CCN(S(=O)(=O)c2ncc[nH]2)CC1. The van der Waals surface area contributed by atoms with Crippen molar-refractivity contribution in [2.75, 3.05) is 18.4 Å². The molecule has 7 nitrogen and oxygen atoms in total. The third-order valence-corrected chi connectivity index (χ3v) is 5.68. The van der Waals surface area contributed by atoms with Crippen molar-refractivity contribution < 1.29 is 8.42 Å². The number of aromatic amines is 1. The summed E-state index contributed by atoms with van der Waals surface area (Å²) in [5.74, 6) is 0. The number of imidazole rings is 1. The fourth-order valence-electron chi connectivity index (χ4n) is 2.68. The molecule has 0 spiro atoms. The number of aromatic nitrogens is 2. The van der Waals surface area contributed by atoms with Gasteiger partial charge in [-0.3, -0.25) is 0 Å². The Morgan fingerprint density at radius 3 is 2.70 bits per heavy atom. The van der Waals surface area contributed by atoms with Crippen molar-refractivity contribution in [3.8, 4) is 6.07 Å². The molecule has 2 N–H and O–H groups in total. The van der Waals surface area contributed by atoms with Crippen LogP contribution >= 0.6 is 0 Å². The summed E-state index contributed by atoms with van der Waals surface area (Å²) in [5, 5.41) is 12.4. The average molecular weight is 331 g/mol. The molecule has 23 heavy (non-hydrogen) atoms. The summed E-state index contributed by atoms with van der Waals surface area (Å²) in [6.45, 7) is 0.852. The van der Waals surface area contributed by atoms with E-state index in [4.69, 9.17) is 5.26 Å². The van der Waals surface area contributed by atoms with E-state index >= 15 is 0 Å². The van der Waals surface area contributed by atoms with E-state index < -0.39 is 10.0 Å².